The summed E-state index contributed by atoms with van der Waals surface area (Å²) in [5.41, 5.74) is 0. The third-order valence-electron chi connectivity index (χ3n) is 2.07. The summed E-state index contributed by atoms with van der Waals surface area (Å²) in [6.45, 7) is 4.98. The molecule has 1 amide bonds. The van der Waals surface area contributed by atoms with Gasteiger partial charge in [-0.25, -0.2) is 9.78 Å². The van der Waals surface area contributed by atoms with Crippen molar-refractivity contribution in [2.24, 2.45) is 0 Å². The monoisotopic (exact) mass is 480 g/mol. The van der Waals surface area contributed by atoms with E-state index in [2.05, 4.69) is 27.6 Å². The van der Waals surface area contributed by atoms with Crippen LogP contribution in [0.3, 0.4) is 0 Å². The van der Waals surface area contributed by atoms with Crippen molar-refractivity contribution >= 4 is 62.9 Å². The van der Waals surface area contributed by atoms with Crippen LogP contribution in [0.5, 0.6) is 5.75 Å². The van der Waals surface area contributed by atoms with Crippen LogP contribution in [0.15, 0.2) is 6.07 Å². The second-order valence-electron chi connectivity index (χ2n) is 3.09. The fraction of sp³-hybridized carbons (Fsp3) is 0.400. The zero-order valence-electron chi connectivity index (χ0n) is 9.34. The summed E-state index contributed by atoms with van der Waals surface area (Å²) < 4.78 is 6.60. The summed E-state index contributed by atoms with van der Waals surface area (Å²) in [6, 6.07) is 1.66. The largest absolute Gasteiger partial charge is 0.415 e. The molecule has 17 heavy (non-hydrogen) atoms. The fourth-order valence-corrected chi connectivity index (χ4v) is 3.42. The molecule has 0 saturated heterocycles. The van der Waals surface area contributed by atoms with Gasteiger partial charge in [0.1, 0.15) is 7.40 Å². The molecule has 0 aromatic carbocycles. The molecule has 0 N–H and O–H groups in total. The van der Waals surface area contributed by atoms with Crippen LogP contribution >= 0.6 is 56.8 Å². The average Bonchev–Trinajstić information content (AvgIpc) is 2.25. The molecule has 0 aliphatic heterocycles. The lowest BCUT2D eigenvalue weighted by molar-refractivity contribution is 0.156. The first-order valence-corrected chi connectivity index (χ1v) is 7.51. The molecule has 0 atom stereocenters. The number of aromatic nitrogens is 1. The number of nitrogens with zero attached hydrogens (tertiary/aromatic N) is 2. The first kappa shape index (κ1) is 15.2. The van der Waals surface area contributed by atoms with Crippen molar-refractivity contribution in [2.75, 3.05) is 13.1 Å². The molecular weight excluding hydrogens is 469 g/mol. The lowest BCUT2D eigenvalue weighted by atomic mass is 10.4. The van der Waals surface area contributed by atoms with Gasteiger partial charge in [-0.15, -0.1) is 0 Å². The second-order valence-corrected chi connectivity index (χ2v) is 5.62. The van der Waals surface area contributed by atoms with E-state index < -0.39 is 6.09 Å². The highest BCUT2D eigenvalue weighted by Crippen LogP contribution is 2.30. The van der Waals surface area contributed by atoms with Crippen molar-refractivity contribution in [3.8, 4) is 5.75 Å². The van der Waals surface area contributed by atoms with E-state index in [0.717, 1.165) is 3.70 Å². The maximum atomic E-state index is 11.8. The highest BCUT2D eigenvalue weighted by molar-refractivity contribution is 14.1. The number of carbonyl (C=O) groups is 1. The fourth-order valence-electron chi connectivity index (χ4n) is 1.17. The zero-order valence-corrected chi connectivity index (χ0v) is 14.4. The normalized spacial score (nSPS) is 10.2. The number of ether oxygens (including phenoxy) is 1. The number of rotatable bonds is 3. The molecule has 0 fully saturated rings. The Bertz CT molecular complexity index is 402. The summed E-state index contributed by atoms with van der Waals surface area (Å²) in [6.07, 6.45) is -0.405. The van der Waals surface area contributed by atoms with E-state index in [0.29, 0.717) is 27.6 Å². The Kier molecular flexibility index (Phi) is 6.21. The van der Waals surface area contributed by atoms with Crippen LogP contribution in [0.4, 0.5) is 4.79 Å². The Morgan fingerprint density at radius 2 is 2.06 bits per heavy atom. The van der Waals surface area contributed by atoms with Crippen LogP contribution in [-0.2, 0) is 0 Å². The Morgan fingerprint density at radius 1 is 1.47 bits per heavy atom. The van der Waals surface area contributed by atoms with E-state index in [-0.39, 0.29) is 0 Å². The summed E-state index contributed by atoms with van der Waals surface area (Å²) in [5.74, 6) is 0.324. The van der Waals surface area contributed by atoms with E-state index >= 15 is 0 Å². The molecule has 0 aliphatic rings. The molecule has 0 saturated carbocycles. The lowest BCUT2D eigenvalue weighted by Gasteiger charge is -2.18. The van der Waals surface area contributed by atoms with Crippen LogP contribution < -0.4 is 4.74 Å². The van der Waals surface area contributed by atoms with Gasteiger partial charge in [0.05, 0.1) is 5.02 Å². The first-order valence-electron chi connectivity index (χ1n) is 4.97. The van der Waals surface area contributed by atoms with Crippen molar-refractivity contribution in [3.63, 3.8) is 0 Å². The van der Waals surface area contributed by atoms with Crippen molar-refractivity contribution in [1.29, 1.82) is 0 Å². The molecular formula is C10H11ClI2N2O2. The lowest BCUT2D eigenvalue weighted by Crippen LogP contribution is -2.33. The summed E-state index contributed by atoms with van der Waals surface area (Å²) in [4.78, 5) is 17.5. The number of carbonyl (C=O) groups excluding carboxylic acids is 1. The van der Waals surface area contributed by atoms with E-state index in [1.165, 1.54) is 0 Å². The van der Waals surface area contributed by atoms with Gasteiger partial charge in [-0.3, -0.25) is 0 Å². The molecule has 1 aromatic heterocycles. The predicted molar refractivity (Wildman–Crippen MR) is 83.6 cm³/mol. The van der Waals surface area contributed by atoms with Gasteiger partial charge in [0.25, 0.3) is 0 Å². The van der Waals surface area contributed by atoms with Gasteiger partial charge in [-0.2, -0.15) is 0 Å². The van der Waals surface area contributed by atoms with Crippen LogP contribution in [0.2, 0.25) is 5.02 Å². The van der Waals surface area contributed by atoms with Crippen LogP contribution in [0.25, 0.3) is 0 Å². The minimum absolute atomic E-state index is 0.324. The van der Waals surface area contributed by atoms with Crippen molar-refractivity contribution < 1.29 is 9.53 Å². The smallest absolute Gasteiger partial charge is 0.406 e. The molecule has 0 aliphatic carbocycles. The zero-order chi connectivity index (χ0) is 13.0. The molecule has 0 unspecified atom stereocenters. The standard InChI is InChI=1S/C10H11ClI2N2O2/c1-3-15(4-2)10(16)17-8-6(11)5-7(12)14-9(8)13/h5H,3-4H2,1-2H3. The first-order chi connectivity index (χ1) is 7.99. The number of pyridine rings is 1. The maximum Gasteiger partial charge on any atom is 0.415 e. The quantitative estimate of drug-likeness (QED) is 0.489. The summed E-state index contributed by atoms with van der Waals surface area (Å²) >= 11 is 10.1. The summed E-state index contributed by atoms with van der Waals surface area (Å²) in [5, 5.41) is 0.398. The van der Waals surface area contributed by atoms with Gasteiger partial charge in [0.15, 0.2) is 5.75 Å². The minimum Gasteiger partial charge on any atom is -0.406 e. The third kappa shape index (κ3) is 4.09. The molecule has 0 spiro atoms. The SMILES string of the molecule is CCN(CC)C(=O)Oc1c(Cl)cc(I)nc1I. The molecule has 94 valence electrons. The van der Waals surface area contributed by atoms with E-state index in [9.17, 15) is 4.79 Å². The van der Waals surface area contributed by atoms with Gasteiger partial charge < -0.3 is 9.64 Å². The molecule has 4 nitrogen and oxygen atoms in total. The van der Waals surface area contributed by atoms with Crippen molar-refractivity contribution in [2.45, 2.75) is 13.8 Å². The van der Waals surface area contributed by atoms with E-state index in [1.54, 1.807) is 11.0 Å². The molecule has 1 heterocycles. The highest BCUT2D eigenvalue weighted by Gasteiger charge is 2.17. The molecule has 0 radical (unpaired) electrons. The summed E-state index contributed by atoms with van der Waals surface area (Å²) in [7, 11) is 0. The van der Waals surface area contributed by atoms with Crippen LogP contribution in [0, 0.1) is 7.40 Å². The van der Waals surface area contributed by atoms with Gasteiger partial charge in [0.2, 0.25) is 0 Å². The maximum absolute atomic E-state index is 11.8. The Balaban J connectivity index is 2.92. The average molecular weight is 480 g/mol. The third-order valence-corrected chi connectivity index (χ3v) is 3.63. The number of hydrogen-bond donors (Lipinski definition) is 0. The Hall–Kier alpha value is 0.170. The molecule has 7 heteroatoms. The number of halogens is 3. The van der Waals surface area contributed by atoms with Crippen LogP contribution in [0.1, 0.15) is 13.8 Å². The van der Waals surface area contributed by atoms with E-state index in [4.69, 9.17) is 16.3 Å². The van der Waals surface area contributed by atoms with Crippen LogP contribution in [-0.4, -0.2) is 29.1 Å². The minimum atomic E-state index is -0.405. The molecule has 1 aromatic rings. The number of amides is 1. The van der Waals surface area contributed by atoms with Crippen molar-refractivity contribution in [1.82, 2.24) is 9.88 Å². The van der Waals surface area contributed by atoms with Gasteiger partial charge in [0, 0.05) is 13.1 Å². The predicted octanol–water partition coefficient (Wildman–Crippen LogP) is 3.78. The van der Waals surface area contributed by atoms with Crippen molar-refractivity contribution in [3.05, 3.63) is 18.5 Å². The Labute approximate surface area is 132 Å². The van der Waals surface area contributed by atoms with Gasteiger partial charge >= 0.3 is 6.09 Å². The topological polar surface area (TPSA) is 42.4 Å². The van der Waals surface area contributed by atoms with Gasteiger partial charge in [-0.1, -0.05) is 11.6 Å². The van der Waals surface area contributed by atoms with Gasteiger partial charge in [-0.05, 0) is 65.1 Å². The highest BCUT2D eigenvalue weighted by atomic mass is 127. The number of hydrogen-bond acceptors (Lipinski definition) is 3. The molecule has 1 rings (SSSR count). The molecule has 0 bridgehead atoms. The second kappa shape index (κ2) is 6.93. The van der Waals surface area contributed by atoms with E-state index in [1.807, 2.05) is 36.4 Å². The Morgan fingerprint density at radius 3 is 2.53 bits per heavy atom.